The van der Waals surface area contributed by atoms with Crippen LogP contribution in [0.15, 0.2) is 42.5 Å². The number of rotatable bonds is 2. The topological polar surface area (TPSA) is 20.2 Å². The van der Waals surface area contributed by atoms with E-state index < -0.39 is 0 Å². The summed E-state index contributed by atoms with van der Waals surface area (Å²) in [6, 6.07) is 13.2. The summed E-state index contributed by atoms with van der Waals surface area (Å²) in [5.74, 6) is 0.309. The summed E-state index contributed by atoms with van der Waals surface area (Å²) in [6.45, 7) is 2.05. The summed E-state index contributed by atoms with van der Waals surface area (Å²) < 4.78 is 0. The Kier molecular flexibility index (Phi) is 3.16. The van der Waals surface area contributed by atoms with Gasteiger partial charge in [-0.25, -0.2) is 0 Å². The standard InChI is InChI=1S/C14H13ClO/c1-10-7-13(15)6-5-12(10)8-11-3-2-4-14(16)9-11/h2-7,9,16H,8H2,1H3. The lowest BCUT2D eigenvalue weighted by Crippen LogP contribution is -1.91. The van der Waals surface area contributed by atoms with Crippen molar-refractivity contribution in [2.75, 3.05) is 0 Å². The van der Waals surface area contributed by atoms with Gasteiger partial charge in [0, 0.05) is 5.02 Å². The summed E-state index contributed by atoms with van der Waals surface area (Å²) in [7, 11) is 0. The summed E-state index contributed by atoms with van der Waals surface area (Å²) >= 11 is 5.91. The van der Waals surface area contributed by atoms with Crippen LogP contribution in [0.25, 0.3) is 0 Å². The molecule has 0 saturated heterocycles. The number of phenols is 1. The van der Waals surface area contributed by atoms with Gasteiger partial charge in [-0.3, -0.25) is 0 Å². The fourth-order valence-corrected chi connectivity index (χ4v) is 1.97. The monoisotopic (exact) mass is 232 g/mol. The molecule has 0 saturated carbocycles. The lowest BCUT2D eigenvalue weighted by Gasteiger charge is -2.06. The molecule has 1 N–H and O–H groups in total. The zero-order chi connectivity index (χ0) is 11.5. The van der Waals surface area contributed by atoms with Gasteiger partial charge >= 0.3 is 0 Å². The quantitative estimate of drug-likeness (QED) is 0.832. The Bertz CT molecular complexity index is 506. The lowest BCUT2D eigenvalue weighted by atomic mass is 10.0. The maximum absolute atomic E-state index is 9.38. The van der Waals surface area contributed by atoms with E-state index in [-0.39, 0.29) is 0 Å². The van der Waals surface area contributed by atoms with Gasteiger partial charge in [-0.2, -0.15) is 0 Å². The maximum Gasteiger partial charge on any atom is 0.115 e. The summed E-state index contributed by atoms with van der Waals surface area (Å²) in [4.78, 5) is 0. The van der Waals surface area contributed by atoms with Crippen molar-refractivity contribution in [1.29, 1.82) is 0 Å². The molecule has 0 aliphatic rings. The third kappa shape index (κ3) is 2.56. The summed E-state index contributed by atoms with van der Waals surface area (Å²) in [5.41, 5.74) is 3.51. The molecule has 0 aliphatic carbocycles. The molecule has 2 heteroatoms. The average Bonchev–Trinajstić information content (AvgIpc) is 2.22. The van der Waals surface area contributed by atoms with E-state index in [9.17, 15) is 5.11 Å². The van der Waals surface area contributed by atoms with Crippen LogP contribution in [0.3, 0.4) is 0 Å². The SMILES string of the molecule is Cc1cc(Cl)ccc1Cc1cccc(O)c1. The molecule has 2 aromatic rings. The minimum absolute atomic E-state index is 0.309. The maximum atomic E-state index is 9.38. The predicted molar refractivity (Wildman–Crippen MR) is 67.1 cm³/mol. The first-order valence-corrected chi connectivity index (χ1v) is 5.56. The molecule has 0 spiro atoms. The van der Waals surface area contributed by atoms with E-state index in [1.165, 1.54) is 11.1 Å². The first-order chi connectivity index (χ1) is 7.65. The van der Waals surface area contributed by atoms with E-state index in [1.807, 2.05) is 37.3 Å². The molecular formula is C14H13ClO. The van der Waals surface area contributed by atoms with Gasteiger partial charge in [-0.1, -0.05) is 29.8 Å². The van der Waals surface area contributed by atoms with Gasteiger partial charge in [0.1, 0.15) is 5.75 Å². The zero-order valence-electron chi connectivity index (χ0n) is 9.07. The normalized spacial score (nSPS) is 10.4. The molecule has 1 nitrogen and oxygen atoms in total. The van der Waals surface area contributed by atoms with E-state index in [0.29, 0.717) is 5.75 Å². The smallest absolute Gasteiger partial charge is 0.115 e. The first-order valence-electron chi connectivity index (χ1n) is 5.18. The highest BCUT2D eigenvalue weighted by Gasteiger charge is 2.01. The van der Waals surface area contributed by atoms with Gasteiger partial charge in [0.25, 0.3) is 0 Å². The van der Waals surface area contributed by atoms with Crippen LogP contribution in [0.1, 0.15) is 16.7 Å². The first kappa shape index (κ1) is 11.0. The van der Waals surface area contributed by atoms with E-state index in [2.05, 4.69) is 0 Å². The number of aromatic hydroxyl groups is 1. The minimum atomic E-state index is 0.309. The minimum Gasteiger partial charge on any atom is -0.508 e. The van der Waals surface area contributed by atoms with Crippen molar-refractivity contribution in [3.63, 3.8) is 0 Å². The van der Waals surface area contributed by atoms with Crippen LogP contribution in [0.5, 0.6) is 5.75 Å². The molecule has 2 rings (SSSR count). The number of phenolic OH excluding ortho intramolecular Hbond substituents is 1. The van der Waals surface area contributed by atoms with Crippen LogP contribution in [-0.4, -0.2) is 5.11 Å². The molecule has 0 radical (unpaired) electrons. The second-order valence-corrected chi connectivity index (χ2v) is 4.35. The van der Waals surface area contributed by atoms with Crippen LogP contribution in [0.2, 0.25) is 5.02 Å². The Labute approximate surface area is 100 Å². The van der Waals surface area contributed by atoms with Gasteiger partial charge in [0.2, 0.25) is 0 Å². The Morgan fingerprint density at radius 3 is 2.62 bits per heavy atom. The van der Waals surface area contributed by atoms with Gasteiger partial charge in [0.15, 0.2) is 0 Å². The molecule has 0 heterocycles. The molecular weight excluding hydrogens is 220 g/mol. The van der Waals surface area contributed by atoms with Gasteiger partial charge < -0.3 is 5.11 Å². The Hall–Kier alpha value is -1.47. The second-order valence-electron chi connectivity index (χ2n) is 3.92. The van der Waals surface area contributed by atoms with Crippen LogP contribution in [-0.2, 0) is 6.42 Å². The molecule has 82 valence electrons. The van der Waals surface area contributed by atoms with Crippen LogP contribution < -0.4 is 0 Å². The molecule has 0 amide bonds. The van der Waals surface area contributed by atoms with E-state index >= 15 is 0 Å². The largest absolute Gasteiger partial charge is 0.508 e. The summed E-state index contributed by atoms with van der Waals surface area (Å²) in [6.07, 6.45) is 0.817. The zero-order valence-corrected chi connectivity index (χ0v) is 9.83. The number of halogens is 1. The van der Waals surface area contributed by atoms with Crippen molar-refractivity contribution in [2.24, 2.45) is 0 Å². The van der Waals surface area contributed by atoms with E-state index in [4.69, 9.17) is 11.6 Å². The number of aryl methyl sites for hydroxylation is 1. The van der Waals surface area contributed by atoms with Crippen molar-refractivity contribution in [1.82, 2.24) is 0 Å². The van der Waals surface area contributed by atoms with Crippen LogP contribution in [0, 0.1) is 6.92 Å². The van der Waals surface area contributed by atoms with Crippen molar-refractivity contribution in [3.05, 3.63) is 64.2 Å². The highest BCUT2D eigenvalue weighted by Crippen LogP contribution is 2.20. The molecule has 0 unspecified atom stereocenters. The predicted octanol–water partition coefficient (Wildman–Crippen LogP) is 3.94. The average molecular weight is 233 g/mol. The second kappa shape index (κ2) is 4.58. The number of hydrogen-bond acceptors (Lipinski definition) is 1. The van der Waals surface area contributed by atoms with Crippen LogP contribution >= 0.6 is 11.6 Å². The molecule has 0 aromatic heterocycles. The van der Waals surface area contributed by atoms with Crippen molar-refractivity contribution in [2.45, 2.75) is 13.3 Å². The Morgan fingerprint density at radius 1 is 1.12 bits per heavy atom. The Morgan fingerprint density at radius 2 is 1.94 bits per heavy atom. The van der Waals surface area contributed by atoms with Gasteiger partial charge in [0.05, 0.1) is 0 Å². The molecule has 2 aromatic carbocycles. The third-order valence-electron chi connectivity index (χ3n) is 2.61. The molecule has 16 heavy (non-hydrogen) atoms. The molecule has 0 aliphatic heterocycles. The van der Waals surface area contributed by atoms with Gasteiger partial charge in [-0.15, -0.1) is 0 Å². The highest BCUT2D eigenvalue weighted by molar-refractivity contribution is 6.30. The molecule has 0 fully saturated rings. The summed E-state index contributed by atoms with van der Waals surface area (Å²) in [5, 5.41) is 10.1. The number of benzene rings is 2. The van der Waals surface area contributed by atoms with E-state index in [1.54, 1.807) is 12.1 Å². The number of hydrogen-bond donors (Lipinski definition) is 1. The van der Waals surface area contributed by atoms with Crippen molar-refractivity contribution < 1.29 is 5.11 Å². The van der Waals surface area contributed by atoms with Crippen molar-refractivity contribution in [3.8, 4) is 5.75 Å². The third-order valence-corrected chi connectivity index (χ3v) is 2.84. The van der Waals surface area contributed by atoms with E-state index in [0.717, 1.165) is 17.0 Å². The fourth-order valence-electron chi connectivity index (χ4n) is 1.74. The Balaban J connectivity index is 2.27. The molecule has 0 atom stereocenters. The van der Waals surface area contributed by atoms with Crippen molar-refractivity contribution >= 4 is 11.6 Å². The van der Waals surface area contributed by atoms with Gasteiger partial charge in [-0.05, 0) is 54.3 Å². The van der Waals surface area contributed by atoms with Crippen LogP contribution in [0.4, 0.5) is 0 Å². The lowest BCUT2D eigenvalue weighted by molar-refractivity contribution is 0.474. The fraction of sp³-hybridized carbons (Fsp3) is 0.143. The molecule has 0 bridgehead atoms. The highest BCUT2D eigenvalue weighted by atomic mass is 35.5.